The van der Waals surface area contributed by atoms with Gasteiger partial charge in [0, 0.05) is 6.04 Å². The number of carbonyl (C=O) groups is 2. The fourth-order valence-electron chi connectivity index (χ4n) is 2.45. The summed E-state index contributed by atoms with van der Waals surface area (Å²) in [6.07, 6.45) is 2.13. The molecule has 0 unspecified atom stereocenters. The van der Waals surface area contributed by atoms with Crippen LogP contribution in [0.25, 0.3) is 0 Å². The second kappa shape index (κ2) is 8.21. The number of alkyl halides is 3. The number of nitrogens with one attached hydrogen (secondary N) is 2. The van der Waals surface area contributed by atoms with Crippen LogP contribution in [-0.4, -0.2) is 49.2 Å². The van der Waals surface area contributed by atoms with Gasteiger partial charge in [0.05, 0.1) is 6.54 Å². The van der Waals surface area contributed by atoms with Gasteiger partial charge in [-0.25, -0.2) is 4.79 Å². The first kappa shape index (κ1) is 17.7. The zero-order chi connectivity index (χ0) is 15.9. The van der Waals surface area contributed by atoms with E-state index in [4.69, 9.17) is 0 Å². The average Bonchev–Trinajstić information content (AvgIpc) is 2.64. The zero-order valence-corrected chi connectivity index (χ0v) is 12.1. The summed E-state index contributed by atoms with van der Waals surface area (Å²) >= 11 is 0. The molecular formula is C13H22F3N3O2. The van der Waals surface area contributed by atoms with E-state index in [1.807, 2.05) is 10.2 Å². The van der Waals surface area contributed by atoms with Gasteiger partial charge in [-0.2, -0.15) is 13.2 Å². The molecular weight excluding hydrogens is 287 g/mol. The highest BCUT2D eigenvalue weighted by Gasteiger charge is 2.28. The first-order valence-electron chi connectivity index (χ1n) is 7.12. The summed E-state index contributed by atoms with van der Waals surface area (Å²) in [5.74, 6) is -0.596. The fourth-order valence-corrected chi connectivity index (χ4v) is 2.45. The van der Waals surface area contributed by atoms with Crippen LogP contribution in [0, 0.1) is 0 Å². The molecule has 0 aliphatic heterocycles. The number of rotatable bonds is 4. The number of likely N-dealkylation sites (N-methyl/N-ethyl adjacent to an activating group) is 1. The molecule has 0 atom stereocenters. The third kappa shape index (κ3) is 7.89. The van der Waals surface area contributed by atoms with E-state index in [9.17, 15) is 22.8 Å². The number of carbonyl (C=O) groups excluding carboxylic acids is 2. The Morgan fingerprint density at radius 3 is 2.24 bits per heavy atom. The summed E-state index contributed by atoms with van der Waals surface area (Å²) in [5.41, 5.74) is 0. The smallest absolute Gasteiger partial charge is 0.329 e. The van der Waals surface area contributed by atoms with Gasteiger partial charge in [-0.15, -0.1) is 0 Å². The number of halogens is 3. The summed E-state index contributed by atoms with van der Waals surface area (Å²) in [7, 11) is 1.79. The van der Waals surface area contributed by atoms with E-state index in [1.165, 1.54) is 12.8 Å². The molecule has 0 saturated heterocycles. The van der Waals surface area contributed by atoms with Gasteiger partial charge >= 0.3 is 12.2 Å². The van der Waals surface area contributed by atoms with Crippen LogP contribution in [0.15, 0.2) is 0 Å². The van der Waals surface area contributed by atoms with Gasteiger partial charge in [-0.3, -0.25) is 15.0 Å². The average molecular weight is 309 g/mol. The molecule has 0 spiro atoms. The predicted molar refractivity (Wildman–Crippen MR) is 71.7 cm³/mol. The molecule has 0 bridgehead atoms. The van der Waals surface area contributed by atoms with Gasteiger partial charge in [0.25, 0.3) is 0 Å². The fraction of sp³-hybridized carbons (Fsp3) is 0.846. The summed E-state index contributed by atoms with van der Waals surface area (Å²) in [5, 5.41) is 3.51. The van der Waals surface area contributed by atoms with E-state index < -0.39 is 24.7 Å². The second-order valence-electron chi connectivity index (χ2n) is 5.41. The number of urea groups is 1. The Kier molecular flexibility index (Phi) is 6.94. The Morgan fingerprint density at radius 1 is 1.14 bits per heavy atom. The Morgan fingerprint density at radius 2 is 1.71 bits per heavy atom. The van der Waals surface area contributed by atoms with E-state index in [0.29, 0.717) is 0 Å². The molecule has 1 rings (SSSR count). The van der Waals surface area contributed by atoms with Crippen LogP contribution >= 0.6 is 0 Å². The minimum atomic E-state index is -4.49. The monoisotopic (exact) mass is 309 g/mol. The minimum absolute atomic E-state index is 0.00407. The van der Waals surface area contributed by atoms with Gasteiger partial charge in [0.15, 0.2) is 0 Å². The molecule has 1 fully saturated rings. The molecule has 0 aromatic rings. The number of amides is 3. The van der Waals surface area contributed by atoms with Gasteiger partial charge in [0.1, 0.15) is 6.54 Å². The Bertz CT molecular complexity index is 353. The summed E-state index contributed by atoms with van der Waals surface area (Å²) in [6.45, 7) is -1.45. The van der Waals surface area contributed by atoms with Crippen molar-refractivity contribution in [2.45, 2.75) is 50.7 Å². The van der Waals surface area contributed by atoms with E-state index in [2.05, 4.69) is 0 Å². The zero-order valence-electron chi connectivity index (χ0n) is 12.1. The van der Waals surface area contributed by atoms with Crippen molar-refractivity contribution in [1.82, 2.24) is 15.5 Å². The normalized spacial score (nSPS) is 17.4. The van der Waals surface area contributed by atoms with Gasteiger partial charge < -0.3 is 5.32 Å². The van der Waals surface area contributed by atoms with E-state index in [-0.39, 0.29) is 12.6 Å². The minimum Gasteiger partial charge on any atom is -0.329 e. The molecule has 3 amide bonds. The third-order valence-corrected chi connectivity index (χ3v) is 3.54. The molecule has 2 N–H and O–H groups in total. The van der Waals surface area contributed by atoms with Crippen molar-refractivity contribution in [3.8, 4) is 0 Å². The van der Waals surface area contributed by atoms with Crippen molar-refractivity contribution in [3.05, 3.63) is 0 Å². The summed E-state index contributed by atoms with van der Waals surface area (Å²) < 4.78 is 35.7. The molecule has 8 heteroatoms. The molecule has 1 saturated carbocycles. The Hall–Kier alpha value is -1.31. The standard InChI is InChI=1S/C13H22F3N3O2/c1-19(10-6-4-2-3-5-7-10)8-11(20)18-12(21)17-9-13(14,15)16/h10H,2-9H2,1H3,(H2,17,18,20,21). The van der Waals surface area contributed by atoms with Crippen LogP contribution in [0.4, 0.5) is 18.0 Å². The maximum Gasteiger partial charge on any atom is 0.405 e. The number of hydrogen-bond donors (Lipinski definition) is 2. The first-order chi connectivity index (χ1) is 9.78. The van der Waals surface area contributed by atoms with E-state index in [0.717, 1.165) is 25.7 Å². The molecule has 0 aromatic heterocycles. The lowest BCUT2D eigenvalue weighted by molar-refractivity contribution is -0.125. The van der Waals surface area contributed by atoms with Crippen LogP contribution in [0.3, 0.4) is 0 Å². The largest absolute Gasteiger partial charge is 0.405 e. The lowest BCUT2D eigenvalue weighted by Gasteiger charge is -2.26. The van der Waals surface area contributed by atoms with E-state index >= 15 is 0 Å². The maximum absolute atomic E-state index is 11.9. The van der Waals surface area contributed by atoms with Crippen LogP contribution in [0.2, 0.25) is 0 Å². The third-order valence-electron chi connectivity index (χ3n) is 3.54. The topological polar surface area (TPSA) is 61.4 Å². The van der Waals surface area contributed by atoms with Gasteiger partial charge in [-0.05, 0) is 19.9 Å². The van der Waals surface area contributed by atoms with Crippen LogP contribution < -0.4 is 10.6 Å². The lowest BCUT2D eigenvalue weighted by Crippen LogP contribution is -2.47. The molecule has 0 aromatic carbocycles. The molecule has 5 nitrogen and oxygen atoms in total. The van der Waals surface area contributed by atoms with Crippen molar-refractivity contribution in [2.75, 3.05) is 20.1 Å². The van der Waals surface area contributed by atoms with Crippen LogP contribution in [-0.2, 0) is 4.79 Å². The highest BCUT2D eigenvalue weighted by atomic mass is 19.4. The first-order valence-corrected chi connectivity index (χ1v) is 7.12. The quantitative estimate of drug-likeness (QED) is 0.781. The number of nitrogens with zero attached hydrogens (tertiary/aromatic N) is 1. The Balaban J connectivity index is 2.30. The molecule has 0 heterocycles. The predicted octanol–water partition coefficient (Wildman–Crippen LogP) is 2.03. The highest BCUT2D eigenvalue weighted by molar-refractivity contribution is 5.95. The molecule has 0 radical (unpaired) electrons. The van der Waals surface area contributed by atoms with Crippen molar-refractivity contribution in [3.63, 3.8) is 0 Å². The molecule has 1 aliphatic carbocycles. The van der Waals surface area contributed by atoms with Gasteiger partial charge in [0.2, 0.25) is 5.91 Å². The highest BCUT2D eigenvalue weighted by Crippen LogP contribution is 2.20. The van der Waals surface area contributed by atoms with Crippen molar-refractivity contribution >= 4 is 11.9 Å². The second-order valence-corrected chi connectivity index (χ2v) is 5.41. The van der Waals surface area contributed by atoms with Crippen LogP contribution in [0.5, 0.6) is 0 Å². The summed E-state index contributed by atoms with van der Waals surface area (Å²) in [6, 6.07) is -0.830. The molecule has 122 valence electrons. The van der Waals surface area contributed by atoms with Crippen molar-refractivity contribution in [1.29, 1.82) is 0 Å². The van der Waals surface area contributed by atoms with E-state index in [1.54, 1.807) is 12.4 Å². The molecule has 21 heavy (non-hydrogen) atoms. The maximum atomic E-state index is 11.9. The SMILES string of the molecule is CN(CC(=O)NC(=O)NCC(F)(F)F)C1CCCCCC1. The van der Waals surface area contributed by atoms with Crippen molar-refractivity contribution < 1.29 is 22.8 Å². The number of imide groups is 1. The number of hydrogen-bond acceptors (Lipinski definition) is 3. The molecule has 1 aliphatic rings. The Labute approximate surface area is 122 Å². The van der Waals surface area contributed by atoms with Crippen LogP contribution in [0.1, 0.15) is 38.5 Å². The van der Waals surface area contributed by atoms with Crippen molar-refractivity contribution in [2.24, 2.45) is 0 Å². The van der Waals surface area contributed by atoms with Gasteiger partial charge in [-0.1, -0.05) is 25.7 Å². The lowest BCUT2D eigenvalue weighted by atomic mass is 10.1. The summed E-state index contributed by atoms with van der Waals surface area (Å²) in [4.78, 5) is 24.6.